The number of aromatic hydroxyl groups is 1. The molecule has 5 rings (SSSR count). The summed E-state index contributed by atoms with van der Waals surface area (Å²) in [6, 6.07) is 6.75. The first kappa shape index (κ1) is 32.6. The molecule has 0 saturated carbocycles. The lowest BCUT2D eigenvalue weighted by Crippen LogP contribution is -2.42. The number of phenols is 1. The van der Waals surface area contributed by atoms with E-state index in [0.717, 1.165) is 69.5 Å². The van der Waals surface area contributed by atoms with Crippen LogP contribution in [0.2, 0.25) is 0 Å². The SMILES string of the molecule is COc1cc(C2c3cc4c(cc3[C@@H](NC(=O)CCCNCCCCNCCCCN)[C@H]3COC(=O)[C@H]23)OCO4)cc(OC)c1O. The van der Waals surface area contributed by atoms with E-state index in [2.05, 4.69) is 16.0 Å². The lowest BCUT2D eigenvalue weighted by atomic mass is 9.65. The standard InChI is InChI=1S/C33H46N4O8/c1-41-26-14-20(15-27(42-2)32(26)39)29-21-16-24-25(45-19-44-24)17-22(21)31(23-18-43-33(40)30(23)29)37-28(38)8-7-13-36-12-6-5-11-35-10-4-3-9-34/h14-17,23,29-31,35-36,39H,3-13,18-19,34H2,1-2H3,(H,37,38)/t23-,29?,30-,31+/m0/s1. The van der Waals surface area contributed by atoms with E-state index in [1.807, 2.05) is 12.1 Å². The van der Waals surface area contributed by atoms with E-state index in [1.165, 1.54) is 14.2 Å². The highest BCUT2D eigenvalue weighted by atomic mass is 16.7. The Balaban J connectivity index is 1.27. The minimum absolute atomic E-state index is 0.0865. The summed E-state index contributed by atoms with van der Waals surface area (Å²) < 4.78 is 27.9. The maximum atomic E-state index is 13.3. The maximum absolute atomic E-state index is 13.3. The number of cyclic esters (lactones) is 1. The molecule has 1 fully saturated rings. The molecule has 1 unspecified atom stereocenters. The molecule has 12 heteroatoms. The van der Waals surface area contributed by atoms with Crippen molar-refractivity contribution in [3.63, 3.8) is 0 Å². The molecule has 4 atom stereocenters. The summed E-state index contributed by atoms with van der Waals surface area (Å²) in [5.41, 5.74) is 7.90. The summed E-state index contributed by atoms with van der Waals surface area (Å²) in [5, 5.41) is 20.7. The van der Waals surface area contributed by atoms with Gasteiger partial charge in [0.05, 0.1) is 32.8 Å². The summed E-state index contributed by atoms with van der Waals surface area (Å²) in [5.74, 6) is -0.289. The van der Waals surface area contributed by atoms with Gasteiger partial charge in [-0.05, 0) is 106 Å². The molecule has 2 heterocycles. The fraction of sp³-hybridized carbons (Fsp3) is 0.576. The summed E-state index contributed by atoms with van der Waals surface area (Å²) >= 11 is 0. The Labute approximate surface area is 264 Å². The van der Waals surface area contributed by atoms with Crippen LogP contribution >= 0.6 is 0 Å². The van der Waals surface area contributed by atoms with Crippen molar-refractivity contribution in [1.29, 1.82) is 0 Å². The van der Waals surface area contributed by atoms with E-state index >= 15 is 0 Å². The van der Waals surface area contributed by atoms with Gasteiger partial charge < -0.3 is 50.5 Å². The molecule has 2 aliphatic heterocycles. The predicted molar refractivity (Wildman–Crippen MR) is 167 cm³/mol. The number of esters is 1. The van der Waals surface area contributed by atoms with Crippen molar-refractivity contribution in [1.82, 2.24) is 16.0 Å². The number of hydrogen-bond donors (Lipinski definition) is 5. The molecule has 45 heavy (non-hydrogen) atoms. The molecule has 0 spiro atoms. The molecule has 1 saturated heterocycles. The van der Waals surface area contributed by atoms with Crippen molar-refractivity contribution in [3.8, 4) is 28.7 Å². The van der Waals surface area contributed by atoms with E-state index in [9.17, 15) is 14.7 Å². The van der Waals surface area contributed by atoms with Gasteiger partial charge in [0.1, 0.15) is 0 Å². The summed E-state index contributed by atoms with van der Waals surface area (Å²) in [7, 11) is 2.92. The highest BCUT2D eigenvalue weighted by Crippen LogP contribution is 2.55. The molecule has 0 radical (unpaired) electrons. The average molecular weight is 627 g/mol. The highest BCUT2D eigenvalue weighted by Gasteiger charge is 2.53. The Hall–Kier alpha value is -3.74. The first-order valence-electron chi connectivity index (χ1n) is 15.9. The number of unbranched alkanes of at least 4 members (excludes halogenated alkanes) is 2. The van der Waals surface area contributed by atoms with E-state index in [0.29, 0.717) is 29.9 Å². The zero-order chi connectivity index (χ0) is 31.8. The van der Waals surface area contributed by atoms with Crippen molar-refractivity contribution >= 4 is 11.9 Å². The van der Waals surface area contributed by atoms with E-state index in [1.54, 1.807) is 12.1 Å². The van der Waals surface area contributed by atoms with Crippen LogP contribution in [0.1, 0.15) is 67.2 Å². The molecule has 1 aliphatic carbocycles. The third-order valence-electron chi connectivity index (χ3n) is 8.89. The van der Waals surface area contributed by atoms with Gasteiger partial charge in [0.2, 0.25) is 18.4 Å². The van der Waals surface area contributed by atoms with Gasteiger partial charge in [-0.1, -0.05) is 0 Å². The van der Waals surface area contributed by atoms with Gasteiger partial charge >= 0.3 is 5.97 Å². The van der Waals surface area contributed by atoms with Crippen LogP contribution in [0.5, 0.6) is 28.7 Å². The molecule has 3 aliphatic rings. The molecular weight excluding hydrogens is 580 g/mol. The third kappa shape index (κ3) is 7.40. The van der Waals surface area contributed by atoms with Crippen LogP contribution in [0.15, 0.2) is 24.3 Å². The quantitative estimate of drug-likeness (QED) is 0.130. The number of carbonyl (C=O) groups excluding carboxylic acids is 2. The van der Waals surface area contributed by atoms with E-state index < -0.39 is 17.9 Å². The van der Waals surface area contributed by atoms with Gasteiger partial charge in [0.15, 0.2) is 23.0 Å². The lowest BCUT2D eigenvalue weighted by Gasteiger charge is -2.39. The normalized spacial score (nSPS) is 21.2. The van der Waals surface area contributed by atoms with Crippen molar-refractivity contribution in [2.24, 2.45) is 17.6 Å². The number of nitrogens with two attached hydrogens (primary N) is 1. The van der Waals surface area contributed by atoms with E-state index in [4.69, 9.17) is 29.4 Å². The first-order valence-corrected chi connectivity index (χ1v) is 15.9. The summed E-state index contributed by atoms with van der Waals surface area (Å²) in [6.07, 6.45) is 5.39. The van der Waals surface area contributed by atoms with Gasteiger partial charge in [0.25, 0.3) is 0 Å². The van der Waals surface area contributed by atoms with Crippen LogP contribution in [0, 0.1) is 11.8 Å². The number of nitrogens with one attached hydrogen (secondary N) is 3. The number of amides is 1. The van der Waals surface area contributed by atoms with E-state index in [-0.39, 0.29) is 48.4 Å². The van der Waals surface area contributed by atoms with Gasteiger partial charge in [-0.2, -0.15) is 0 Å². The Kier molecular flexibility index (Phi) is 11.2. The monoisotopic (exact) mass is 626 g/mol. The fourth-order valence-electron chi connectivity index (χ4n) is 6.60. The Morgan fingerprint density at radius 2 is 1.49 bits per heavy atom. The van der Waals surface area contributed by atoms with Crippen molar-refractivity contribution in [2.75, 3.05) is 60.3 Å². The molecule has 0 aromatic heterocycles. The summed E-state index contributed by atoms with van der Waals surface area (Å²) in [6.45, 7) is 4.68. The third-order valence-corrected chi connectivity index (χ3v) is 8.89. The molecule has 2 aromatic rings. The second-order valence-electron chi connectivity index (χ2n) is 11.8. The summed E-state index contributed by atoms with van der Waals surface area (Å²) in [4.78, 5) is 26.6. The number of methoxy groups -OCH3 is 2. The number of benzene rings is 2. The van der Waals surface area contributed by atoms with Gasteiger partial charge in [-0.25, -0.2) is 0 Å². The van der Waals surface area contributed by atoms with Crippen molar-refractivity contribution in [3.05, 3.63) is 41.0 Å². The second-order valence-corrected chi connectivity index (χ2v) is 11.8. The first-order chi connectivity index (χ1) is 22.0. The molecule has 6 N–H and O–H groups in total. The largest absolute Gasteiger partial charge is 0.502 e. The fourth-order valence-corrected chi connectivity index (χ4v) is 6.60. The number of ether oxygens (including phenoxy) is 5. The Bertz CT molecular complexity index is 1310. The number of hydrogen-bond acceptors (Lipinski definition) is 11. The van der Waals surface area contributed by atoms with Crippen molar-refractivity contribution in [2.45, 2.75) is 50.5 Å². The molecule has 0 bridgehead atoms. The molecule has 246 valence electrons. The minimum atomic E-state index is -0.584. The minimum Gasteiger partial charge on any atom is -0.502 e. The van der Waals surface area contributed by atoms with Crippen LogP contribution in [0.4, 0.5) is 0 Å². The molecule has 12 nitrogen and oxygen atoms in total. The number of carbonyl (C=O) groups is 2. The lowest BCUT2D eigenvalue weighted by molar-refractivity contribution is -0.141. The number of rotatable bonds is 17. The van der Waals surface area contributed by atoms with Crippen LogP contribution < -0.4 is 40.6 Å². The van der Waals surface area contributed by atoms with Crippen LogP contribution in [-0.4, -0.2) is 77.3 Å². The highest BCUT2D eigenvalue weighted by molar-refractivity contribution is 5.81. The second kappa shape index (κ2) is 15.5. The van der Waals surface area contributed by atoms with Crippen molar-refractivity contribution < 1.29 is 38.4 Å². The van der Waals surface area contributed by atoms with Crippen LogP contribution in [0.25, 0.3) is 0 Å². The van der Waals surface area contributed by atoms with Crippen LogP contribution in [0.3, 0.4) is 0 Å². The predicted octanol–water partition coefficient (Wildman–Crippen LogP) is 2.71. The average Bonchev–Trinajstić information content (AvgIpc) is 3.67. The van der Waals surface area contributed by atoms with Gasteiger partial charge in [-0.15, -0.1) is 0 Å². The Morgan fingerprint density at radius 3 is 2.11 bits per heavy atom. The maximum Gasteiger partial charge on any atom is 0.310 e. The smallest absolute Gasteiger partial charge is 0.310 e. The van der Waals surface area contributed by atoms with Gasteiger partial charge in [0, 0.05) is 18.3 Å². The zero-order valence-electron chi connectivity index (χ0n) is 26.2. The van der Waals surface area contributed by atoms with Gasteiger partial charge in [-0.3, -0.25) is 9.59 Å². The molecule has 1 amide bonds. The topological polar surface area (TPSA) is 163 Å². The Morgan fingerprint density at radius 1 is 0.889 bits per heavy atom. The van der Waals surface area contributed by atoms with Crippen LogP contribution in [-0.2, 0) is 14.3 Å². The number of phenolic OH excluding ortho intramolecular Hbond substituents is 1. The zero-order valence-corrected chi connectivity index (χ0v) is 26.2. The molecular formula is C33H46N4O8. The molecule has 2 aromatic carbocycles. The number of fused-ring (bicyclic) bond motifs is 3.